The average molecular weight is 463 g/mol. The zero-order chi connectivity index (χ0) is 21.9. The second kappa shape index (κ2) is 7.27. The van der Waals surface area contributed by atoms with E-state index in [2.05, 4.69) is 10.4 Å². The Morgan fingerprint density at radius 1 is 1.26 bits per heavy atom. The first-order valence-corrected chi connectivity index (χ1v) is 12.3. The van der Waals surface area contributed by atoms with Gasteiger partial charge in [-0.25, -0.2) is 22.5 Å². The molecule has 1 unspecified atom stereocenters. The lowest BCUT2D eigenvalue weighted by atomic mass is 10.1. The van der Waals surface area contributed by atoms with E-state index in [1.54, 1.807) is 17.7 Å². The number of halogens is 2. The second-order valence-electron chi connectivity index (χ2n) is 8.23. The lowest BCUT2D eigenvalue weighted by molar-refractivity contribution is 0.102. The number of benzene rings is 1. The molecule has 2 aromatic heterocycles. The molecular formula is C21H20ClFN4O3S. The van der Waals surface area contributed by atoms with E-state index in [0.29, 0.717) is 34.4 Å². The van der Waals surface area contributed by atoms with E-state index >= 15 is 0 Å². The molecule has 1 aromatic carbocycles. The van der Waals surface area contributed by atoms with Gasteiger partial charge in [0.25, 0.3) is 5.91 Å². The van der Waals surface area contributed by atoms with Crippen LogP contribution in [0.15, 0.2) is 24.3 Å². The van der Waals surface area contributed by atoms with Gasteiger partial charge in [0.2, 0.25) is 0 Å². The van der Waals surface area contributed by atoms with Crippen LogP contribution in [0.1, 0.15) is 53.0 Å². The summed E-state index contributed by atoms with van der Waals surface area (Å²) in [6.45, 7) is 1.78. The highest BCUT2D eigenvalue weighted by Crippen LogP contribution is 2.41. The van der Waals surface area contributed by atoms with Crippen LogP contribution in [0.2, 0.25) is 5.02 Å². The molecule has 2 aliphatic rings. The van der Waals surface area contributed by atoms with Crippen LogP contribution >= 0.6 is 11.6 Å². The number of nitrogens with one attached hydrogen (secondary N) is 1. The lowest BCUT2D eigenvalue weighted by Gasteiger charge is -2.12. The van der Waals surface area contributed by atoms with E-state index in [9.17, 15) is 17.6 Å². The summed E-state index contributed by atoms with van der Waals surface area (Å²) in [4.78, 5) is 18.0. The molecule has 3 aromatic rings. The largest absolute Gasteiger partial charge is 0.321 e. The van der Waals surface area contributed by atoms with Gasteiger partial charge >= 0.3 is 0 Å². The lowest BCUT2D eigenvalue weighted by Crippen LogP contribution is -2.15. The fourth-order valence-electron chi connectivity index (χ4n) is 4.10. The molecule has 0 bridgehead atoms. The van der Waals surface area contributed by atoms with Crippen LogP contribution in [0.25, 0.3) is 11.0 Å². The molecule has 7 nitrogen and oxygen atoms in total. The zero-order valence-corrected chi connectivity index (χ0v) is 18.3. The Balaban J connectivity index is 1.61. The monoisotopic (exact) mass is 462 g/mol. The Hall–Kier alpha value is -2.52. The number of amides is 1. The molecule has 10 heteroatoms. The molecule has 1 amide bonds. The van der Waals surface area contributed by atoms with Crippen molar-refractivity contribution in [2.24, 2.45) is 0 Å². The summed E-state index contributed by atoms with van der Waals surface area (Å²) in [5, 5.41) is 8.01. The van der Waals surface area contributed by atoms with E-state index in [-0.39, 0.29) is 28.5 Å². The summed E-state index contributed by atoms with van der Waals surface area (Å²) in [7, 11) is -3.11. The Bertz CT molecular complexity index is 1330. The zero-order valence-electron chi connectivity index (χ0n) is 16.7. The van der Waals surface area contributed by atoms with Crippen molar-refractivity contribution in [3.05, 3.63) is 52.1 Å². The Kier molecular flexibility index (Phi) is 4.78. The quantitative estimate of drug-likeness (QED) is 0.632. The van der Waals surface area contributed by atoms with Crippen molar-refractivity contribution in [2.75, 3.05) is 16.8 Å². The van der Waals surface area contributed by atoms with E-state index in [1.807, 2.05) is 0 Å². The molecule has 3 heterocycles. The standard InChI is InChI=1S/C21H20ClFN4O3S/c1-11-19-15(21(28)25-17-5-4-13(23)8-16(17)22)9-18(12-2-3-12)24-20(19)27(26-11)14-6-7-31(29,30)10-14/h4-5,8-9,12,14H,2-3,6-7,10H2,1H3,(H,25,28). The predicted octanol–water partition coefficient (Wildman–Crippen LogP) is 4.02. The number of anilines is 1. The van der Waals surface area contributed by atoms with Crippen molar-refractivity contribution in [1.82, 2.24) is 14.8 Å². The molecule has 1 atom stereocenters. The van der Waals surface area contributed by atoms with Crippen molar-refractivity contribution >= 4 is 44.1 Å². The smallest absolute Gasteiger partial charge is 0.256 e. The van der Waals surface area contributed by atoms with E-state index in [0.717, 1.165) is 24.6 Å². The number of sulfone groups is 1. The summed E-state index contributed by atoms with van der Waals surface area (Å²) >= 11 is 6.08. The number of hydrogen-bond donors (Lipinski definition) is 1. The molecule has 1 saturated carbocycles. The number of fused-ring (bicyclic) bond motifs is 1. The number of hydrogen-bond acceptors (Lipinski definition) is 5. The fraction of sp³-hybridized carbons (Fsp3) is 0.381. The van der Waals surface area contributed by atoms with Crippen molar-refractivity contribution in [2.45, 2.75) is 38.1 Å². The summed E-state index contributed by atoms with van der Waals surface area (Å²) in [6, 6.07) is 5.25. The number of rotatable bonds is 4. The minimum absolute atomic E-state index is 0.0191. The number of pyridine rings is 1. The van der Waals surface area contributed by atoms with Crippen molar-refractivity contribution in [3.63, 3.8) is 0 Å². The van der Waals surface area contributed by atoms with Crippen LogP contribution in [0, 0.1) is 12.7 Å². The summed E-state index contributed by atoms with van der Waals surface area (Å²) in [5.74, 6) is -0.470. The Labute approximate surface area is 183 Å². The van der Waals surface area contributed by atoms with Gasteiger partial charge in [-0.05, 0) is 50.5 Å². The first-order chi connectivity index (χ1) is 14.7. The molecule has 1 N–H and O–H groups in total. The van der Waals surface area contributed by atoms with Gasteiger partial charge < -0.3 is 5.32 Å². The molecule has 1 saturated heterocycles. The average Bonchev–Trinajstić information content (AvgIpc) is 3.43. The van der Waals surface area contributed by atoms with E-state index < -0.39 is 21.6 Å². The van der Waals surface area contributed by atoms with Crippen LogP contribution in [0.4, 0.5) is 10.1 Å². The Morgan fingerprint density at radius 3 is 2.68 bits per heavy atom. The molecule has 5 rings (SSSR count). The third kappa shape index (κ3) is 3.80. The highest BCUT2D eigenvalue weighted by Gasteiger charge is 2.34. The van der Waals surface area contributed by atoms with Gasteiger partial charge in [-0.2, -0.15) is 5.10 Å². The van der Waals surface area contributed by atoms with Gasteiger partial charge in [0, 0.05) is 11.6 Å². The minimum atomic E-state index is -3.11. The number of aromatic nitrogens is 3. The predicted molar refractivity (Wildman–Crippen MR) is 116 cm³/mol. The summed E-state index contributed by atoms with van der Waals surface area (Å²) in [5.41, 5.74) is 2.63. The van der Waals surface area contributed by atoms with Crippen molar-refractivity contribution < 1.29 is 17.6 Å². The van der Waals surface area contributed by atoms with Crippen LogP contribution in [0.5, 0.6) is 0 Å². The maximum Gasteiger partial charge on any atom is 0.256 e. The highest BCUT2D eigenvalue weighted by atomic mass is 35.5. The number of nitrogens with zero attached hydrogens (tertiary/aromatic N) is 3. The first kappa shape index (κ1) is 20.4. The number of aryl methyl sites for hydroxylation is 1. The number of carbonyl (C=O) groups is 1. The third-order valence-corrected chi connectivity index (χ3v) is 7.89. The van der Waals surface area contributed by atoms with Gasteiger partial charge in [-0.3, -0.25) is 4.79 Å². The molecule has 162 valence electrons. The van der Waals surface area contributed by atoms with E-state index in [4.69, 9.17) is 16.6 Å². The molecular weight excluding hydrogens is 443 g/mol. The topological polar surface area (TPSA) is 93.9 Å². The van der Waals surface area contributed by atoms with Gasteiger partial charge in [-0.15, -0.1) is 0 Å². The maximum atomic E-state index is 13.4. The highest BCUT2D eigenvalue weighted by molar-refractivity contribution is 7.91. The molecule has 1 aliphatic heterocycles. The maximum absolute atomic E-state index is 13.4. The van der Waals surface area contributed by atoms with Gasteiger partial charge in [0.15, 0.2) is 15.5 Å². The summed E-state index contributed by atoms with van der Waals surface area (Å²) < 4.78 is 39.1. The van der Waals surface area contributed by atoms with Gasteiger partial charge in [0.05, 0.1) is 44.9 Å². The number of carbonyl (C=O) groups excluding carboxylic acids is 1. The third-order valence-electron chi connectivity index (χ3n) is 5.83. The van der Waals surface area contributed by atoms with Crippen LogP contribution in [-0.4, -0.2) is 40.6 Å². The Morgan fingerprint density at radius 2 is 2.03 bits per heavy atom. The summed E-state index contributed by atoms with van der Waals surface area (Å²) in [6.07, 6.45) is 2.46. The minimum Gasteiger partial charge on any atom is -0.321 e. The van der Waals surface area contributed by atoms with Gasteiger partial charge in [0.1, 0.15) is 5.82 Å². The molecule has 1 aliphatic carbocycles. The fourth-order valence-corrected chi connectivity index (χ4v) is 6.01. The van der Waals surface area contributed by atoms with Crippen molar-refractivity contribution in [1.29, 1.82) is 0 Å². The van der Waals surface area contributed by atoms with Crippen LogP contribution in [-0.2, 0) is 9.84 Å². The van der Waals surface area contributed by atoms with Crippen LogP contribution < -0.4 is 5.32 Å². The van der Waals surface area contributed by atoms with Crippen molar-refractivity contribution in [3.8, 4) is 0 Å². The van der Waals surface area contributed by atoms with Gasteiger partial charge in [-0.1, -0.05) is 11.6 Å². The SMILES string of the molecule is Cc1nn(C2CCS(=O)(=O)C2)c2nc(C3CC3)cc(C(=O)Nc3ccc(F)cc3Cl)c12. The molecule has 0 radical (unpaired) electrons. The van der Waals surface area contributed by atoms with Crippen LogP contribution in [0.3, 0.4) is 0 Å². The van der Waals surface area contributed by atoms with E-state index in [1.165, 1.54) is 12.1 Å². The molecule has 2 fully saturated rings. The first-order valence-electron chi connectivity index (χ1n) is 10.1. The normalized spacial score (nSPS) is 20.3. The second-order valence-corrected chi connectivity index (χ2v) is 10.9. The molecule has 0 spiro atoms. The molecule has 31 heavy (non-hydrogen) atoms.